The minimum atomic E-state index is -3.52. The number of methoxy groups -OCH3 is 1. The van der Waals surface area contributed by atoms with E-state index in [9.17, 15) is 13.5 Å². The number of hydrogen-bond acceptors (Lipinski definition) is 5. The molecule has 8 heteroatoms. The third-order valence-corrected chi connectivity index (χ3v) is 7.11. The van der Waals surface area contributed by atoms with Gasteiger partial charge in [-0.25, -0.2) is 13.1 Å². The van der Waals surface area contributed by atoms with Gasteiger partial charge in [0.2, 0.25) is 10.0 Å². The number of halogens is 1. The number of rotatable bonds is 8. The smallest absolute Gasteiger partial charge is 0.240 e. The van der Waals surface area contributed by atoms with Gasteiger partial charge in [0.1, 0.15) is 5.75 Å². The second kappa shape index (κ2) is 9.45. The molecule has 1 aliphatic heterocycles. The lowest BCUT2D eigenvalue weighted by atomic mass is 9.84. The first-order valence-corrected chi connectivity index (χ1v) is 11.5. The van der Waals surface area contributed by atoms with E-state index in [0.717, 1.165) is 25.2 Å². The number of sulfonamides is 1. The van der Waals surface area contributed by atoms with Gasteiger partial charge in [-0.05, 0) is 67.8 Å². The number of nitrogens with zero attached hydrogens (tertiary/aromatic N) is 1. The minimum absolute atomic E-state index is 0.226. The van der Waals surface area contributed by atoms with Crippen molar-refractivity contribution in [1.29, 1.82) is 0 Å². The molecule has 0 aromatic heterocycles. The number of nitrogens with one attached hydrogen (secondary N) is 1. The number of hydrogen-bond donors (Lipinski definition) is 2. The third kappa shape index (κ3) is 5.71. The molecule has 0 bridgehead atoms. The van der Waals surface area contributed by atoms with Gasteiger partial charge >= 0.3 is 0 Å². The predicted molar refractivity (Wildman–Crippen MR) is 114 cm³/mol. The van der Waals surface area contributed by atoms with Crippen LogP contribution in [0.1, 0.15) is 24.8 Å². The lowest BCUT2D eigenvalue weighted by Gasteiger charge is -2.38. The molecular formula is C21H27ClN2O4S. The topological polar surface area (TPSA) is 78.9 Å². The molecule has 2 aromatic rings. The number of likely N-dealkylation sites (tertiary alicyclic amines) is 1. The SMILES string of the molecule is COc1ccc(S(=O)(=O)NCCCN2CCC(O)(c3ccc(Cl)cc3)CC2)cc1. The maximum Gasteiger partial charge on any atom is 0.240 e. The Balaban J connectivity index is 1.43. The van der Waals surface area contributed by atoms with Gasteiger partial charge in [-0.1, -0.05) is 23.7 Å². The zero-order valence-corrected chi connectivity index (χ0v) is 18.0. The van der Waals surface area contributed by atoms with E-state index < -0.39 is 15.6 Å². The molecule has 0 radical (unpaired) electrons. The van der Waals surface area contributed by atoms with Crippen molar-refractivity contribution >= 4 is 21.6 Å². The van der Waals surface area contributed by atoms with Crippen molar-refractivity contribution in [2.24, 2.45) is 0 Å². The number of ether oxygens (including phenoxy) is 1. The van der Waals surface area contributed by atoms with Crippen molar-refractivity contribution in [3.05, 3.63) is 59.1 Å². The van der Waals surface area contributed by atoms with E-state index in [0.29, 0.717) is 36.6 Å². The summed E-state index contributed by atoms with van der Waals surface area (Å²) in [5.41, 5.74) is 0.0747. The number of aliphatic hydroxyl groups is 1. The first kappa shape index (κ1) is 22.1. The average Bonchev–Trinajstić information content (AvgIpc) is 2.73. The van der Waals surface area contributed by atoms with Crippen LogP contribution < -0.4 is 9.46 Å². The highest BCUT2D eigenvalue weighted by Gasteiger charge is 2.33. The highest BCUT2D eigenvalue weighted by molar-refractivity contribution is 7.89. The van der Waals surface area contributed by atoms with Crippen molar-refractivity contribution in [3.63, 3.8) is 0 Å². The summed E-state index contributed by atoms with van der Waals surface area (Å²) in [5, 5.41) is 11.6. The predicted octanol–water partition coefficient (Wildman–Crippen LogP) is 3.00. The second-order valence-electron chi connectivity index (χ2n) is 7.31. The Hall–Kier alpha value is -1.64. The highest BCUT2D eigenvalue weighted by atomic mass is 35.5. The summed E-state index contributed by atoms with van der Waals surface area (Å²) >= 11 is 5.93. The molecule has 0 saturated carbocycles. The largest absolute Gasteiger partial charge is 0.497 e. The summed E-state index contributed by atoms with van der Waals surface area (Å²) < 4.78 is 32.4. The van der Waals surface area contributed by atoms with Crippen molar-refractivity contribution < 1.29 is 18.3 Å². The maximum absolute atomic E-state index is 12.3. The fraction of sp³-hybridized carbons (Fsp3) is 0.429. The molecule has 3 rings (SSSR count). The maximum atomic E-state index is 12.3. The molecule has 0 aliphatic carbocycles. The molecule has 1 aliphatic rings. The van der Waals surface area contributed by atoms with Gasteiger partial charge in [-0.15, -0.1) is 0 Å². The van der Waals surface area contributed by atoms with E-state index in [4.69, 9.17) is 16.3 Å². The lowest BCUT2D eigenvalue weighted by molar-refractivity contribution is -0.0259. The van der Waals surface area contributed by atoms with E-state index in [2.05, 4.69) is 9.62 Å². The van der Waals surface area contributed by atoms with Gasteiger partial charge in [0.25, 0.3) is 0 Å². The van der Waals surface area contributed by atoms with Gasteiger partial charge < -0.3 is 14.7 Å². The van der Waals surface area contributed by atoms with E-state index in [-0.39, 0.29) is 4.90 Å². The van der Waals surface area contributed by atoms with Crippen LogP contribution in [0.25, 0.3) is 0 Å². The van der Waals surface area contributed by atoms with Crippen LogP contribution in [0.3, 0.4) is 0 Å². The third-order valence-electron chi connectivity index (χ3n) is 5.38. The van der Waals surface area contributed by atoms with Crippen LogP contribution in [0.15, 0.2) is 53.4 Å². The Labute approximate surface area is 177 Å². The molecule has 6 nitrogen and oxygen atoms in total. The highest BCUT2D eigenvalue weighted by Crippen LogP contribution is 2.33. The van der Waals surface area contributed by atoms with E-state index in [1.54, 1.807) is 31.4 Å². The summed E-state index contributed by atoms with van der Waals surface area (Å²) in [6.45, 7) is 2.68. The molecule has 0 spiro atoms. The molecule has 2 N–H and O–H groups in total. The van der Waals surface area contributed by atoms with E-state index >= 15 is 0 Å². The standard InChI is InChI=1S/C21H27ClN2O4S/c1-28-19-7-9-20(10-8-19)29(26,27)23-13-2-14-24-15-11-21(25,12-16-24)17-3-5-18(22)6-4-17/h3-10,23,25H,2,11-16H2,1H3. The molecule has 158 valence electrons. The van der Waals surface area contributed by atoms with Gasteiger partial charge in [-0.2, -0.15) is 0 Å². The van der Waals surface area contributed by atoms with Crippen LogP contribution in [0.4, 0.5) is 0 Å². The van der Waals surface area contributed by atoms with Crippen LogP contribution in [0.5, 0.6) is 5.75 Å². The lowest BCUT2D eigenvalue weighted by Crippen LogP contribution is -2.43. The van der Waals surface area contributed by atoms with Crippen LogP contribution in [0.2, 0.25) is 5.02 Å². The first-order chi connectivity index (χ1) is 13.8. The summed E-state index contributed by atoms with van der Waals surface area (Å²) in [5.74, 6) is 0.618. The van der Waals surface area contributed by atoms with Gasteiger partial charge in [-0.3, -0.25) is 0 Å². The number of benzene rings is 2. The molecule has 1 saturated heterocycles. The molecule has 0 atom stereocenters. The normalized spacial score (nSPS) is 17.2. The first-order valence-electron chi connectivity index (χ1n) is 9.67. The Bertz CT molecular complexity index is 893. The van der Waals surface area contributed by atoms with Crippen molar-refractivity contribution in [1.82, 2.24) is 9.62 Å². The number of piperidine rings is 1. The van der Waals surface area contributed by atoms with Crippen LogP contribution in [-0.2, 0) is 15.6 Å². The van der Waals surface area contributed by atoms with Crippen LogP contribution in [-0.4, -0.2) is 51.7 Å². The molecule has 29 heavy (non-hydrogen) atoms. The summed E-state index contributed by atoms with van der Waals surface area (Å²) in [7, 11) is -1.98. The minimum Gasteiger partial charge on any atom is -0.497 e. The van der Waals surface area contributed by atoms with Crippen molar-refractivity contribution in [2.75, 3.05) is 33.3 Å². The Kier molecular flexibility index (Phi) is 7.19. The average molecular weight is 439 g/mol. The quantitative estimate of drug-likeness (QED) is 0.619. The fourth-order valence-corrected chi connectivity index (χ4v) is 4.74. The Morgan fingerprint density at radius 1 is 1.10 bits per heavy atom. The molecule has 1 heterocycles. The Morgan fingerprint density at radius 3 is 2.31 bits per heavy atom. The summed E-state index contributed by atoms with van der Waals surface area (Å²) in [6, 6.07) is 13.7. The monoisotopic (exact) mass is 438 g/mol. The van der Waals surface area contributed by atoms with Crippen LogP contribution >= 0.6 is 11.6 Å². The fourth-order valence-electron chi connectivity index (χ4n) is 3.54. The van der Waals surface area contributed by atoms with E-state index in [1.807, 2.05) is 12.1 Å². The molecular weight excluding hydrogens is 412 g/mol. The van der Waals surface area contributed by atoms with Gasteiger partial charge in [0, 0.05) is 24.7 Å². The van der Waals surface area contributed by atoms with Gasteiger partial charge in [0.05, 0.1) is 17.6 Å². The summed E-state index contributed by atoms with van der Waals surface area (Å²) in [6.07, 6.45) is 1.99. The zero-order chi connectivity index (χ0) is 20.9. The Morgan fingerprint density at radius 2 is 1.72 bits per heavy atom. The zero-order valence-electron chi connectivity index (χ0n) is 16.5. The van der Waals surface area contributed by atoms with Crippen molar-refractivity contribution in [2.45, 2.75) is 29.8 Å². The van der Waals surface area contributed by atoms with Crippen molar-refractivity contribution in [3.8, 4) is 5.75 Å². The molecule has 1 fully saturated rings. The second-order valence-corrected chi connectivity index (χ2v) is 9.51. The molecule has 2 aromatic carbocycles. The summed E-state index contributed by atoms with van der Waals surface area (Å²) in [4.78, 5) is 2.48. The molecule has 0 amide bonds. The van der Waals surface area contributed by atoms with Crippen LogP contribution in [0, 0.1) is 0 Å². The van der Waals surface area contributed by atoms with Gasteiger partial charge in [0.15, 0.2) is 0 Å². The van der Waals surface area contributed by atoms with E-state index in [1.165, 1.54) is 12.1 Å². The molecule has 0 unspecified atom stereocenters.